The first-order valence-corrected chi connectivity index (χ1v) is 6.80. The van der Waals surface area contributed by atoms with Gasteiger partial charge in [-0.3, -0.25) is 4.79 Å². The maximum atomic E-state index is 11.6. The number of halogens is 1. The fourth-order valence-electron chi connectivity index (χ4n) is 2.00. The molecular formula is C14H18ClNO3. The normalized spacial score (nSPS) is 18.3. The quantitative estimate of drug-likeness (QED) is 0.902. The number of amides is 1. The molecule has 1 aliphatic rings. The van der Waals surface area contributed by atoms with Crippen molar-refractivity contribution < 1.29 is 14.3 Å². The summed E-state index contributed by atoms with van der Waals surface area (Å²) in [4.78, 5) is 11.6. The van der Waals surface area contributed by atoms with E-state index in [1.807, 2.05) is 6.92 Å². The molecule has 1 heterocycles. The van der Waals surface area contributed by atoms with E-state index < -0.39 is 0 Å². The topological polar surface area (TPSA) is 47.6 Å². The Morgan fingerprint density at radius 2 is 2.42 bits per heavy atom. The number of aryl methyl sites for hydroxylation is 1. The summed E-state index contributed by atoms with van der Waals surface area (Å²) in [5, 5.41) is 3.47. The predicted molar refractivity (Wildman–Crippen MR) is 73.7 cm³/mol. The van der Waals surface area contributed by atoms with E-state index in [9.17, 15) is 4.79 Å². The van der Waals surface area contributed by atoms with Gasteiger partial charge in [0.15, 0.2) is 6.61 Å². The van der Waals surface area contributed by atoms with Gasteiger partial charge in [-0.2, -0.15) is 0 Å². The first kappa shape index (κ1) is 14.2. The third kappa shape index (κ3) is 4.40. The number of ether oxygens (including phenoxy) is 2. The van der Waals surface area contributed by atoms with Crippen LogP contribution in [0, 0.1) is 6.92 Å². The van der Waals surface area contributed by atoms with Gasteiger partial charge in [-0.15, -0.1) is 0 Å². The Morgan fingerprint density at radius 3 is 3.11 bits per heavy atom. The minimum Gasteiger partial charge on any atom is -0.484 e. The van der Waals surface area contributed by atoms with E-state index in [0.717, 1.165) is 25.0 Å². The lowest BCUT2D eigenvalue weighted by molar-refractivity contribution is -0.123. The van der Waals surface area contributed by atoms with Crippen molar-refractivity contribution in [1.82, 2.24) is 5.32 Å². The van der Waals surface area contributed by atoms with Gasteiger partial charge in [-0.25, -0.2) is 0 Å². The van der Waals surface area contributed by atoms with Crippen LogP contribution >= 0.6 is 11.6 Å². The molecule has 0 aliphatic carbocycles. The third-order valence-electron chi connectivity index (χ3n) is 3.05. The molecular weight excluding hydrogens is 266 g/mol. The second-order valence-electron chi connectivity index (χ2n) is 4.64. The number of rotatable bonds is 5. The molecule has 0 unspecified atom stereocenters. The van der Waals surface area contributed by atoms with Gasteiger partial charge in [0, 0.05) is 18.2 Å². The first-order chi connectivity index (χ1) is 9.15. The van der Waals surface area contributed by atoms with Crippen LogP contribution < -0.4 is 10.1 Å². The molecule has 0 saturated carbocycles. The lowest BCUT2D eigenvalue weighted by atomic mass is 10.2. The molecule has 0 radical (unpaired) electrons. The molecule has 1 fully saturated rings. The maximum absolute atomic E-state index is 11.6. The van der Waals surface area contributed by atoms with Crippen molar-refractivity contribution in [3.05, 3.63) is 28.8 Å². The van der Waals surface area contributed by atoms with Crippen LogP contribution in [0.25, 0.3) is 0 Å². The molecule has 104 valence electrons. The zero-order chi connectivity index (χ0) is 13.7. The Morgan fingerprint density at radius 1 is 1.58 bits per heavy atom. The Balaban J connectivity index is 1.73. The molecule has 1 aromatic carbocycles. The van der Waals surface area contributed by atoms with Crippen LogP contribution in [0.1, 0.15) is 18.4 Å². The van der Waals surface area contributed by atoms with Crippen LogP contribution in [0.2, 0.25) is 5.02 Å². The van der Waals surface area contributed by atoms with E-state index in [1.54, 1.807) is 18.2 Å². The van der Waals surface area contributed by atoms with E-state index in [4.69, 9.17) is 21.1 Å². The van der Waals surface area contributed by atoms with Gasteiger partial charge >= 0.3 is 0 Å². The molecule has 4 nitrogen and oxygen atoms in total. The second kappa shape index (κ2) is 6.78. The molecule has 1 atom stereocenters. The summed E-state index contributed by atoms with van der Waals surface area (Å²) in [6.07, 6.45) is 2.24. The van der Waals surface area contributed by atoms with Crippen LogP contribution in [-0.2, 0) is 9.53 Å². The third-order valence-corrected chi connectivity index (χ3v) is 3.28. The number of benzene rings is 1. The number of carbonyl (C=O) groups excluding carboxylic acids is 1. The smallest absolute Gasteiger partial charge is 0.258 e. The summed E-state index contributed by atoms with van der Waals surface area (Å²) < 4.78 is 10.9. The predicted octanol–water partition coefficient (Wildman–Crippen LogP) is 2.32. The van der Waals surface area contributed by atoms with Gasteiger partial charge in [0.1, 0.15) is 5.75 Å². The summed E-state index contributed by atoms with van der Waals surface area (Å²) >= 11 is 5.85. The fourth-order valence-corrected chi connectivity index (χ4v) is 2.23. The van der Waals surface area contributed by atoms with Crippen molar-refractivity contribution in [1.29, 1.82) is 0 Å². The van der Waals surface area contributed by atoms with Crippen LogP contribution in [0.5, 0.6) is 5.75 Å². The highest BCUT2D eigenvalue weighted by molar-refractivity contribution is 6.30. The molecule has 0 bridgehead atoms. The SMILES string of the molecule is Cc1cc(Cl)ccc1OCC(=O)NC[C@@H]1CCCO1. The highest BCUT2D eigenvalue weighted by Gasteiger charge is 2.16. The number of hydrogen-bond donors (Lipinski definition) is 1. The Hall–Kier alpha value is -1.26. The molecule has 5 heteroatoms. The molecule has 19 heavy (non-hydrogen) atoms. The van der Waals surface area contributed by atoms with Gasteiger partial charge in [0.2, 0.25) is 0 Å². The summed E-state index contributed by atoms with van der Waals surface area (Å²) in [6.45, 7) is 3.25. The fraction of sp³-hybridized carbons (Fsp3) is 0.500. The van der Waals surface area contributed by atoms with Crippen molar-refractivity contribution in [3.63, 3.8) is 0 Å². The highest BCUT2D eigenvalue weighted by atomic mass is 35.5. The van der Waals surface area contributed by atoms with Crippen molar-refractivity contribution in [3.8, 4) is 5.75 Å². The van der Waals surface area contributed by atoms with E-state index in [2.05, 4.69) is 5.32 Å². The van der Waals surface area contributed by atoms with E-state index in [-0.39, 0.29) is 18.6 Å². The van der Waals surface area contributed by atoms with E-state index in [1.165, 1.54) is 0 Å². The maximum Gasteiger partial charge on any atom is 0.258 e. The van der Waals surface area contributed by atoms with Crippen LogP contribution in [0.4, 0.5) is 0 Å². The average molecular weight is 284 g/mol. The molecule has 1 saturated heterocycles. The standard InChI is InChI=1S/C14H18ClNO3/c1-10-7-11(15)4-5-13(10)19-9-14(17)16-8-12-3-2-6-18-12/h4-5,7,12H,2-3,6,8-9H2,1H3,(H,16,17)/t12-/m0/s1. The summed E-state index contributed by atoms with van der Waals surface area (Å²) in [7, 11) is 0. The number of hydrogen-bond acceptors (Lipinski definition) is 3. The van der Waals surface area contributed by atoms with Crippen molar-refractivity contribution in [2.75, 3.05) is 19.8 Å². The van der Waals surface area contributed by atoms with Crippen molar-refractivity contribution in [2.24, 2.45) is 0 Å². The molecule has 0 spiro atoms. The van der Waals surface area contributed by atoms with Crippen LogP contribution in [-0.4, -0.2) is 31.8 Å². The summed E-state index contributed by atoms with van der Waals surface area (Å²) in [6, 6.07) is 5.32. The highest BCUT2D eigenvalue weighted by Crippen LogP contribution is 2.21. The zero-order valence-corrected chi connectivity index (χ0v) is 11.7. The van der Waals surface area contributed by atoms with E-state index >= 15 is 0 Å². The first-order valence-electron chi connectivity index (χ1n) is 6.42. The van der Waals surface area contributed by atoms with Crippen LogP contribution in [0.3, 0.4) is 0 Å². The molecule has 1 aliphatic heterocycles. The average Bonchev–Trinajstić information content (AvgIpc) is 2.88. The summed E-state index contributed by atoms with van der Waals surface area (Å²) in [5.74, 6) is 0.543. The molecule has 1 amide bonds. The lowest BCUT2D eigenvalue weighted by Crippen LogP contribution is -2.35. The molecule has 1 aromatic rings. The Kier molecular flexibility index (Phi) is 5.05. The second-order valence-corrected chi connectivity index (χ2v) is 5.07. The summed E-state index contributed by atoms with van der Waals surface area (Å²) in [5.41, 5.74) is 0.916. The van der Waals surface area contributed by atoms with Gasteiger partial charge in [0.05, 0.1) is 6.10 Å². The molecule has 1 N–H and O–H groups in total. The van der Waals surface area contributed by atoms with Gasteiger partial charge in [-0.1, -0.05) is 11.6 Å². The minimum absolute atomic E-state index is 0.00912. The van der Waals surface area contributed by atoms with Crippen molar-refractivity contribution in [2.45, 2.75) is 25.9 Å². The molecule has 2 rings (SSSR count). The van der Waals surface area contributed by atoms with Gasteiger partial charge in [-0.05, 0) is 43.5 Å². The Bertz CT molecular complexity index is 444. The van der Waals surface area contributed by atoms with Crippen molar-refractivity contribution >= 4 is 17.5 Å². The lowest BCUT2D eigenvalue weighted by Gasteiger charge is -2.12. The monoisotopic (exact) mass is 283 g/mol. The van der Waals surface area contributed by atoms with Crippen LogP contribution in [0.15, 0.2) is 18.2 Å². The van der Waals surface area contributed by atoms with E-state index in [0.29, 0.717) is 17.3 Å². The number of carbonyl (C=O) groups is 1. The Labute approximate surface area is 118 Å². The zero-order valence-electron chi connectivity index (χ0n) is 10.9. The van der Waals surface area contributed by atoms with Gasteiger partial charge < -0.3 is 14.8 Å². The minimum atomic E-state index is -0.134. The van der Waals surface area contributed by atoms with Gasteiger partial charge in [0.25, 0.3) is 5.91 Å². The molecule has 0 aromatic heterocycles. The number of nitrogens with one attached hydrogen (secondary N) is 1. The largest absolute Gasteiger partial charge is 0.484 e.